The van der Waals surface area contributed by atoms with E-state index < -0.39 is 12.0 Å². The van der Waals surface area contributed by atoms with Gasteiger partial charge >= 0.3 is 12.0 Å². The van der Waals surface area contributed by atoms with E-state index in [1.165, 1.54) is 0 Å². The fourth-order valence-corrected chi connectivity index (χ4v) is 2.91. The molecule has 1 aliphatic rings. The number of amides is 2. The van der Waals surface area contributed by atoms with Gasteiger partial charge in [-0.25, -0.2) is 9.59 Å². The van der Waals surface area contributed by atoms with Crippen LogP contribution in [0, 0.1) is 0 Å². The van der Waals surface area contributed by atoms with E-state index in [-0.39, 0.29) is 6.03 Å². The third kappa shape index (κ3) is 4.11. The largest absolute Gasteiger partial charge is 0.480 e. The summed E-state index contributed by atoms with van der Waals surface area (Å²) in [6.07, 6.45) is 1.44. The van der Waals surface area contributed by atoms with Crippen molar-refractivity contribution in [2.24, 2.45) is 0 Å². The Morgan fingerprint density at radius 3 is 2.76 bits per heavy atom. The zero-order valence-electron chi connectivity index (χ0n) is 10.3. The average Bonchev–Trinajstić information content (AvgIpc) is 2.35. The monoisotopic (exact) mass is 260 g/mol. The summed E-state index contributed by atoms with van der Waals surface area (Å²) in [6, 6.07) is -1.03. The number of hydrogen-bond donors (Lipinski definition) is 2. The topological polar surface area (TPSA) is 69.6 Å². The van der Waals surface area contributed by atoms with Crippen LogP contribution in [-0.2, 0) is 4.79 Å². The highest BCUT2D eigenvalue weighted by atomic mass is 32.2. The van der Waals surface area contributed by atoms with Crippen LogP contribution in [0.25, 0.3) is 0 Å². The maximum absolute atomic E-state index is 11.9. The van der Waals surface area contributed by atoms with E-state index in [0.717, 1.165) is 12.2 Å². The molecule has 0 aliphatic carbocycles. The lowest BCUT2D eigenvalue weighted by atomic mass is 10.2. The minimum Gasteiger partial charge on any atom is -0.480 e. The lowest BCUT2D eigenvalue weighted by Crippen LogP contribution is -2.51. The first-order chi connectivity index (χ1) is 8.08. The second-order valence-corrected chi connectivity index (χ2v) is 5.50. The van der Waals surface area contributed by atoms with Crippen LogP contribution in [0.1, 0.15) is 26.7 Å². The second kappa shape index (κ2) is 6.74. The number of carbonyl (C=O) groups excluding carboxylic acids is 1. The molecule has 0 spiro atoms. The van der Waals surface area contributed by atoms with Crippen molar-refractivity contribution in [2.75, 3.05) is 18.8 Å². The van der Waals surface area contributed by atoms with Gasteiger partial charge in [0, 0.05) is 24.1 Å². The molecular weight excluding hydrogens is 240 g/mol. The van der Waals surface area contributed by atoms with Crippen molar-refractivity contribution in [2.45, 2.75) is 38.0 Å². The van der Waals surface area contributed by atoms with Crippen LogP contribution < -0.4 is 5.32 Å². The highest BCUT2D eigenvalue weighted by Gasteiger charge is 2.26. The molecule has 2 N–H and O–H groups in total. The van der Waals surface area contributed by atoms with E-state index >= 15 is 0 Å². The molecule has 0 bridgehead atoms. The fourth-order valence-electron chi connectivity index (χ4n) is 1.73. The number of carboxylic acid groups (broad SMARTS) is 1. The summed E-state index contributed by atoms with van der Waals surface area (Å²) in [6.45, 7) is 5.26. The van der Waals surface area contributed by atoms with Crippen molar-refractivity contribution >= 4 is 23.8 Å². The molecule has 0 radical (unpaired) electrons. The number of carboxylic acids is 1. The van der Waals surface area contributed by atoms with E-state index in [1.54, 1.807) is 11.8 Å². The molecule has 1 heterocycles. The molecule has 1 saturated heterocycles. The molecule has 1 rings (SSSR count). The van der Waals surface area contributed by atoms with Crippen LogP contribution in [0.5, 0.6) is 0 Å². The predicted molar refractivity (Wildman–Crippen MR) is 68.4 cm³/mol. The number of hydrogen-bond acceptors (Lipinski definition) is 3. The van der Waals surface area contributed by atoms with Crippen LogP contribution in [-0.4, -0.2) is 52.1 Å². The standard InChI is InChI=1S/C11H20N2O3S/c1-3-8-7-13(5-6-17-8)11(16)12-9(4-2)10(14)15/h8-9H,3-7H2,1-2H3,(H,12,16)(H,14,15)/t8?,9-/m0/s1. The zero-order chi connectivity index (χ0) is 12.8. The molecule has 0 saturated carbocycles. The summed E-state index contributed by atoms with van der Waals surface area (Å²) in [5.41, 5.74) is 0. The van der Waals surface area contributed by atoms with Crippen molar-refractivity contribution in [3.8, 4) is 0 Å². The molecule has 0 aromatic rings. The Balaban J connectivity index is 2.48. The maximum atomic E-state index is 11.9. The summed E-state index contributed by atoms with van der Waals surface area (Å²) in [7, 11) is 0. The molecule has 98 valence electrons. The third-order valence-electron chi connectivity index (χ3n) is 2.89. The summed E-state index contributed by atoms with van der Waals surface area (Å²) in [5, 5.41) is 11.9. The van der Waals surface area contributed by atoms with Crippen molar-refractivity contribution < 1.29 is 14.7 Å². The Morgan fingerprint density at radius 1 is 1.53 bits per heavy atom. The van der Waals surface area contributed by atoms with Gasteiger partial charge in [0.2, 0.25) is 0 Å². The van der Waals surface area contributed by atoms with Crippen LogP contribution in [0.4, 0.5) is 4.79 Å². The summed E-state index contributed by atoms with van der Waals surface area (Å²) in [5.74, 6) is -0.0465. The van der Waals surface area contributed by atoms with E-state index in [4.69, 9.17) is 5.11 Å². The Morgan fingerprint density at radius 2 is 2.24 bits per heavy atom. The lowest BCUT2D eigenvalue weighted by Gasteiger charge is -2.32. The molecular formula is C11H20N2O3S. The van der Waals surface area contributed by atoms with Gasteiger partial charge in [-0.15, -0.1) is 0 Å². The van der Waals surface area contributed by atoms with Crippen molar-refractivity contribution in [1.29, 1.82) is 0 Å². The smallest absolute Gasteiger partial charge is 0.326 e. The molecule has 1 unspecified atom stereocenters. The Hall–Kier alpha value is -0.910. The van der Waals surface area contributed by atoms with E-state index in [1.807, 2.05) is 11.8 Å². The van der Waals surface area contributed by atoms with Gasteiger partial charge in [0.05, 0.1) is 0 Å². The van der Waals surface area contributed by atoms with Gasteiger partial charge in [0.1, 0.15) is 6.04 Å². The van der Waals surface area contributed by atoms with Crippen molar-refractivity contribution in [3.63, 3.8) is 0 Å². The molecule has 1 aliphatic heterocycles. The minimum atomic E-state index is -0.973. The van der Waals surface area contributed by atoms with Crippen LogP contribution in [0.2, 0.25) is 0 Å². The van der Waals surface area contributed by atoms with Crippen LogP contribution in [0.3, 0.4) is 0 Å². The number of aliphatic carboxylic acids is 1. The van der Waals surface area contributed by atoms with Gasteiger partial charge in [0.15, 0.2) is 0 Å². The highest BCUT2D eigenvalue weighted by molar-refractivity contribution is 8.00. The summed E-state index contributed by atoms with van der Waals surface area (Å²) < 4.78 is 0. The van der Waals surface area contributed by atoms with Gasteiger partial charge < -0.3 is 15.3 Å². The third-order valence-corrected chi connectivity index (χ3v) is 4.26. The Kier molecular flexibility index (Phi) is 5.61. The molecule has 0 aromatic heterocycles. The van der Waals surface area contributed by atoms with Gasteiger partial charge in [-0.2, -0.15) is 11.8 Å². The summed E-state index contributed by atoms with van der Waals surface area (Å²) >= 11 is 1.88. The minimum absolute atomic E-state index is 0.252. The molecule has 1 fully saturated rings. The highest BCUT2D eigenvalue weighted by Crippen LogP contribution is 2.20. The van der Waals surface area contributed by atoms with E-state index in [9.17, 15) is 9.59 Å². The molecule has 0 aromatic carbocycles. The van der Waals surface area contributed by atoms with Crippen LogP contribution >= 0.6 is 11.8 Å². The Labute approximate surface area is 106 Å². The predicted octanol–water partition coefficient (Wildman–Crippen LogP) is 1.39. The van der Waals surface area contributed by atoms with Crippen LogP contribution in [0.15, 0.2) is 0 Å². The quantitative estimate of drug-likeness (QED) is 0.801. The molecule has 5 nitrogen and oxygen atoms in total. The SMILES string of the molecule is CCC1CN(C(=O)N[C@@H](CC)C(=O)O)CCS1. The van der Waals surface area contributed by atoms with Crippen molar-refractivity contribution in [3.05, 3.63) is 0 Å². The fraction of sp³-hybridized carbons (Fsp3) is 0.818. The first kappa shape index (κ1) is 14.2. The molecule has 6 heteroatoms. The summed E-state index contributed by atoms with van der Waals surface area (Å²) in [4.78, 5) is 24.4. The van der Waals surface area contributed by atoms with Gasteiger partial charge in [-0.3, -0.25) is 0 Å². The lowest BCUT2D eigenvalue weighted by molar-refractivity contribution is -0.139. The zero-order valence-corrected chi connectivity index (χ0v) is 11.1. The van der Waals surface area contributed by atoms with Gasteiger partial charge in [-0.1, -0.05) is 13.8 Å². The van der Waals surface area contributed by atoms with Gasteiger partial charge in [-0.05, 0) is 12.8 Å². The number of nitrogens with zero attached hydrogens (tertiary/aromatic N) is 1. The number of nitrogens with one attached hydrogen (secondary N) is 1. The number of urea groups is 1. The van der Waals surface area contributed by atoms with E-state index in [2.05, 4.69) is 12.2 Å². The molecule has 2 atom stereocenters. The number of thioether (sulfide) groups is 1. The number of rotatable bonds is 4. The van der Waals surface area contributed by atoms with E-state index in [0.29, 0.717) is 24.8 Å². The van der Waals surface area contributed by atoms with Crippen molar-refractivity contribution in [1.82, 2.24) is 10.2 Å². The maximum Gasteiger partial charge on any atom is 0.326 e. The van der Waals surface area contributed by atoms with Gasteiger partial charge in [0.25, 0.3) is 0 Å². The molecule has 2 amide bonds. The first-order valence-corrected chi connectivity index (χ1v) is 7.03. The normalized spacial score (nSPS) is 22.0. The first-order valence-electron chi connectivity index (χ1n) is 5.98. The number of carbonyl (C=O) groups is 2. The Bertz CT molecular complexity index is 286. The molecule has 17 heavy (non-hydrogen) atoms. The average molecular weight is 260 g/mol. The second-order valence-electron chi connectivity index (χ2n) is 4.10.